The maximum Gasteiger partial charge on any atom is 0.201 e. The largest absolute Gasteiger partial charge is 0.268 e. The molecule has 0 aromatic heterocycles. The van der Waals surface area contributed by atoms with Crippen molar-refractivity contribution in [3.8, 4) is 17.3 Å². The van der Waals surface area contributed by atoms with Crippen molar-refractivity contribution in [2.75, 3.05) is 4.42 Å². The molecule has 0 atom stereocenters. The third kappa shape index (κ3) is 3.05. The SMILES string of the molecule is N#CNC(=S)N(Cl)c1ccc(-c2ccccc2F)cc1. The fourth-order valence-corrected chi connectivity index (χ4v) is 1.99. The van der Waals surface area contributed by atoms with Crippen molar-refractivity contribution in [2.45, 2.75) is 0 Å². The van der Waals surface area contributed by atoms with E-state index >= 15 is 0 Å². The van der Waals surface area contributed by atoms with Crippen LogP contribution in [0.2, 0.25) is 0 Å². The topological polar surface area (TPSA) is 39.1 Å². The molecule has 20 heavy (non-hydrogen) atoms. The summed E-state index contributed by atoms with van der Waals surface area (Å²) in [7, 11) is 0. The normalized spacial score (nSPS) is 9.65. The summed E-state index contributed by atoms with van der Waals surface area (Å²) in [4.78, 5) is 0. The third-order valence-electron chi connectivity index (χ3n) is 2.62. The van der Waals surface area contributed by atoms with E-state index in [4.69, 9.17) is 29.3 Å². The number of halogens is 2. The summed E-state index contributed by atoms with van der Waals surface area (Å²) in [5, 5.41) is 10.8. The highest BCUT2D eigenvalue weighted by Crippen LogP contribution is 2.26. The van der Waals surface area contributed by atoms with Gasteiger partial charge < -0.3 is 0 Å². The summed E-state index contributed by atoms with van der Waals surface area (Å²) in [6.07, 6.45) is 1.70. The number of hydrogen-bond acceptors (Lipinski definition) is 2. The van der Waals surface area contributed by atoms with Gasteiger partial charge in [0.15, 0.2) is 6.19 Å². The van der Waals surface area contributed by atoms with Crippen molar-refractivity contribution < 1.29 is 4.39 Å². The average Bonchev–Trinajstić information content (AvgIpc) is 2.47. The molecule has 1 N–H and O–H groups in total. The van der Waals surface area contributed by atoms with Crippen molar-refractivity contribution in [1.82, 2.24) is 5.32 Å². The molecule has 2 aromatic carbocycles. The first-order valence-electron chi connectivity index (χ1n) is 5.63. The first-order valence-corrected chi connectivity index (χ1v) is 6.38. The number of benzene rings is 2. The van der Waals surface area contributed by atoms with Crippen LogP contribution in [0.5, 0.6) is 0 Å². The van der Waals surface area contributed by atoms with Gasteiger partial charge in [0.05, 0.1) is 5.69 Å². The zero-order valence-electron chi connectivity index (χ0n) is 10.2. The van der Waals surface area contributed by atoms with Crippen LogP contribution in [0.4, 0.5) is 10.1 Å². The van der Waals surface area contributed by atoms with Crippen molar-refractivity contribution in [1.29, 1.82) is 5.26 Å². The number of nitrogens with one attached hydrogen (secondary N) is 1. The molecule has 2 rings (SSSR count). The van der Waals surface area contributed by atoms with Gasteiger partial charge in [0, 0.05) is 17.3 Å². The Morgan fingerprint density at radius 2 is 1.85 bits per heavy atom. The van der Waals surface area contributed by atoms with Crippen molar-refractivity contribution in [3.63, 3.8) is 0 Å². The Morgan fingerprint density at radius 3 is 2.45 bits per heavy atom. The van der Waals surface area contributed by atoms with E-state index in [0.29, 0.717) is 11.3 Å². The fourth-order valence-electron chi connectivity index (χ4n) is 1.68. The van der Waals surface area contributed by atoms with Gasteiger partial charge in [0.25, 0.3) is 0 Å². The van der Waals surface area contributed by atoms with Crippen LogP contribution in [-0.2, 0) is 0 Å². The molecular formula is C14H9ClFN3S. The molecule has 0 aliphatic rings. The van der Waals surface area contributed by atoms with Gasteiger partial charge in [-0.2, -0.15) is 5.26 Å². The molecule has 0 bridgehead atoms. The number of rotatable bonds is 2. The summed E-state index contributed by atoms with van der Waals surface area (Å²) in [5.74, 6) is -0.287. The van der Waals surface area contributed by atoms with Crippen LogP contribution in [0, 0.1) is 17.3 Å². The summed E-state index contributed by atoms with van der Waals surface area (Å²) in [5.41, 5.74) is 1.83. The lowest BCUT2D eigenvalue weighted by Crippen LogP contribution is -2.30. The minimum absolute atomic E-state index is 0.0767. The molecule has 0 amide bonds. The Balaban J connectivity index is 2.25. The van der Waals surface area contributed by atoms with E-state index in [2.05, 4.69) is 5.32 Å². The Hall–Kier alpha value is -2.16. The summed E-state index contributed by atoms with van der Waals surface area (Å²) >= 11 is 10.9. The predicted molar refractivity (Wildman–Crippen MR) is 81.5 cm³/mol. The van der Waals surface area contributed by atoms with Crippen molar-refractivity contribution >= 4 is 34.8 Å². The standard InChI is InChI=1S/C14H9ClFN3S/c15-19(14(20)18-9-17)11-7-5-10(6-8-11)12-3-1-2-4-13(12)16/h1-8H,(H,18,20). The lowest BCUT2D eigenvalue weighted by molar-refractivity contribution is 0.631. The van der Waals surface area contributed by atoms with Crippen LogP contribution >= 0.6 is 24.0 Å². The molecule has 2 aromatic rings. The molecule has 0 saturated heterocycles. The summed E-state index contributed by atoms with van der Waals surface area (Å²) in [6, 6.07) is 13.4. The Morgan fingerprint density at radius 1 is 1.20 bits per heavy atom. The lowest BCUT2D eigenvalue weighted by Gasteiger charge is -2.15. The zero-order chi connectivity index (χ0) is 14.5. The van der Waals surface area contributed by atoms with E-state index in [0.717, 1.165) is 9.98 Å². The highest BCUT2D eigenvalue weighted by molar-refractivity contribution is 7.80. The first-order chi connectivity index (χ1) is 9.63. The molecule has 3 nitrogen and oxygen atoms in total. The minimum Gasteiger partial charge on any atom is -0.268 e. The van der Waals surface area contributed by atoms with E-state index < -0.39 is 0 Å². The third-order valence-corrected chi connectivity index (χ3v) is 3.37. The molecule has 6 heteroatoms. The summed E-state index contributed by atoms with van der Waals surface area (Å²) in [6.45, 7) is 0. The number of nitriles is 1. The molecule has 0 saturated carbocycles. The molecular weight excluding hydrogens is 297 g/mol. The van der Waals surface area contributed by atoms with Crippen LogP contribution in [0.3, 0.4) is 0 Å². The van der Waals surface area contributed by atoms with E-state index in [-0.39, 0.29) is 10.9 Å². The monoisotopic (exact) mass is 305 g/mol. The Kier molecular flexibility index (Phi) is 4.51. The highest BCUT2D eigenvalue weighted by atomic mass is 35.5. The van der Waals surface area contributed by atoms with Crippen molar-refractivity contribution in [2.24, 2.45) is 0 Å². The van der Waals surface area contributed by atoms with Gasteiger partial charge >= 0.3 is 0 Å². The van der Waals surface area contributed by atoms with Gasteiger partial charge in [-0.3, -0.25) is 5.32 Å². The molecule has 0 radical (unpaired) electrons. The number of anilines is 1. The lowest BCUT2D eigenvalue weighted by atomic mass is 10.1. The van der Waals surface area contributed by atoms with Crippen LogP contribution < -0.4 is 9.74 Å². The summed E-state index contributed by atoms with van der Waals surface area (Å²) < 4.78 is 14.8. The molecule has 100 valence electrons. The second kappa shape index (κ2) is 6.33. The minimum atomic E-state index is -0.287. The van der Waals surface area contributed by atoms with Crippen molar-refractivity contribution in [3.05, 3.63) is 54.3 Å². The Labute approximate surface area is 126 Å². The van der Waals surface area contributed by atoms with Gasteiger partial charge in [-0.1, -0.05) is 30.3 Å². The van der Waals surface area contributed by atoms with E-state index in [1.807, 2.05) is 0 Å². The second-order valence-electron chi connectivity index (χ2n) is 3.85. The molecule has 0 fully saturated rings. The average molecular weight is 306 g/mol. The van der Waals surface area contributed by atoms with Crippen LogP contribution in [0.15, 0.2) is 48.5 Å². The second-order valence-corrected chi connectivity index (χ2v) is 4.57. The Bertz CT molecular complexity index is 667. The number of hydrogen-bond donors (Lipinski definition) is 1. The molecule has 0 aliphatic carbocycles. The van der Waals surface area contributed by atoms with Gasteiger partial charge in [-0.25, -0.2) is 8.81 Å². The number of thiocarbonyl (C=S) groups is 1. The van der Waals surface area contributed by atoms with Crippen LogP contribution in [0.25, 0.3) is 11.1 Å². The predicted octanol–water partition coefficient (Wildman–Crippen LogP) is 3.81. The van der Waals surface area contributed by atoms with Crippen LogP contribution in [-0.4, -0.2) is 5.11 Å². The maximum atomic E-state index is 13.7. The number of nitrogens with zero attached hydrogens (tertiary/aromatic N) is 2. The molecule has 0 unspecified atom stereocenters. The highest BCUT2D eigenvalue weighted by Gasteiger charge is 2.10. The zero-order valence-corrected chi connectivity index (χ0v) is 11.7. The maximum absolute atomic E-state index is 13.7. The molecule has 0 spiro atoms. The van der Waals surface area contributed by atoms with Gasteiger partial charge in [0.1, 0.15) is 5.82 Å². The molecule has 0 aliphatic heterocycles. The van der Waals surface area contributed by atoms with Gasteiger partial charge in [-0.05, 0) is 36.0 Å². The van der Waals surface area contributed by atoms with Gasteiger partial charge in [0.2, 0.25) is 5.11 Å². The van der Waals surface area contributed by atoms with E-state index in [1.165, 1.54) is 6.07 Å². The fraction of sp³-hybridized carbons (Fsp3) is 0. The quantitative estimate of drug-likeness (QED) is 0.396. The van der Waals surface area contributed by atoms with Crippen LogP contribution in [0.1, 0.15) is 0 Å². The first kappa shape index (κ1) is 14.3. The van der Waals surface area contributed by atoms with E-state index in [1.54, 1.807) is 48.7 Å². The van der Waals surface area contributed by atoms with Gasteiger partial charge in [-0.15, -0.1) is 0 Å². The molecule has 0 heterocycles. The smallest absolute Gasteiger partial charge is 0.201 e. The van der Waals surface area contributed by atoms with E-state index in [9.17, 15) is 4.39 Å².